The zero-order valence-corrected chi connectivity index (χ0v) is 17.5. The molecule has 0 atom stereocenters. The summed E-state index contributed by atoms with van der Waals surface area (Å²) < 4.78 is 19.4. The van der Waals surface area contributed by atoms with Crippen molar-refractivity contribution in [1.82, 2.24) is 19.9 Å². The van der Waals surface area contributed by atoms with E-state index in [0.717, 1.165) is 74.9 Å². The maximum absolute atomic E-state index is 13.9. The second-order valence-electron chi connectivity index (χ2n) is 8.05. The number of benzene rings is 1. The van der Waals surface area contributed by atoms with Crippen molar-refractivity contribution < 1.29 is 9.13 Å². The Morgan fingerprint density at radius 1 is 0.871 bits per heavy atom. The van der Waals surface area contributed by atoms with Gasteiger partial charge in [0.1, 0.15) is 11.6 Å². The fourth-order valence-electron chi connectivity index (χ4n) is 4.42. The second kappa shape index (κ2) is 9.08. The topological polar surface area (TPSA) is 54.4 Å². The van der Waals surface area contributed by atoms with E-state index in [9.17, 15) is 4.39 Å². The van der Waals surface area contributed by atoms with Crippen molar-refractivity contribution in [3.63, 3.8) is 0 Å². The number of hydrogen-bond acceptors (Lipinski definition) is 6. The van der Waals surface area contributed by atoms with E-state index in [2.05, 4.69) is 14.8 Å². The Bertz CT molecular complexity index is 1020. The van der Waals surface area contributed by atoms with Gasteiger partial charge in [-0.15, -0.1) is 0 Å². The van der Waals surface area contributed by atoms with Gasteiger partial charge in [0.05, 0.1) is 18.9 Å². The highest BCUT2D eigenvalue weighted by Crippen LogP contribution is 2.28. The van der Waals surface area contributed by atoms with Crippen molar-refractivity contribution in [3.8, 4) is 22.6 Å². The fraction of sp³-hybridized carbons (Fsp3) is 0.375. The number of aromatic nitrogens is 3. The first-order valence-electron chi connectivity index (χ1n) is 10.9. The van der Waals surface area contributed by atoms with Crippen LogP contribution in [-0.4, -0.2) is 65.3 Å². The van der Waals surface area contributed by atoms with E-state index < -0.39 is 0 Å². The molecule has 0 N–H and O–H groups in total. The highest BCUT2D eigenvalue weighted by molar-refractivity contribution is 5.67. The normalized spacial score (nSPS) is 18.3. The van der Waals surface area contributed by atoms with Crippen LogP contribution in [0.15, 0.2) is 54.9 Å². The van der Waals surface area contributed by atoms with Gasteiger partial charge >= 0.3 is 0 Å². The van der Waals surface area contributed by atoms with Gasteiger partial charge in [-0.1, -0.05) is 12.1 Å². The van der Waals surface area contributed by atoms with Gasteiger partial charge in [0, 0.05) is 61.8 Å². The molecule has 2 aliphatic heterocycles. The van der Waals surface area contributed by atoms with Crippen LogP contribution in [0.25, 0.3) is 22.6 Å². The second-order valence-corrected chi connectivity index (χ2v) is 8.05. The zero-order chi connectivity index (χ0) is 21.0. The summed E-state index contributed by atoms with van der Waals surface area (Å²) in [5, 5.41) is 0. The molecule has 7 heteroatoms. The van der Waals surface area contributed by atoms with Crippen LogP contribution in [0.1, 0.15) is 12.8 Å². The first-order valence-corrected chi connectivity index (χ1v) is 10.9. The number of pyridine rings is 1. The van der Waals surface area contributed by atoms with E-state index in [-0.39, 0.29) is 5.82 Å². The molecule has 2 aliphatic rings. The third-order valence-electron chi connectivity index (χ3n) is 6.12. The molecule has 0 saturated carbocycles. The van der Waals surface area contributed by atoms with Crippen LogP contribution in [0, 0.1) is 5.82 Å². The quantitative estimate of drug-likeness (QED) is 0.644. The number of hydrogen-bond donors (Lipinski definition) is 0. The lowest BCUT2D eigenvalue weighted by Crippen LogP contribution is -2.49. The maximum atomic E-state index is 13.9. The van der Waals surface area contributed by atoms with E-state index in [4.69, 9.17) is 14.7 Å². The maximum Gasteiger partial charge on any atom is 0.162 e. The summed E-state index contributed by atoms with van der Waals surface area (Å²) in [4.78, 5) is 18.6. The number of piperidine rings is 1. The molecule has 2 saturated heterocycles. The van der Waals surface area contributed by atoms with Crippen molar-refractivity contribution in [2.45, 2.75) is 18.9 Å². The number of morpholine rings is 1. The minimum Gasteiger partial charge on any atom is -0.379 e. The van der Waals surface area contributed by atoms with E-state index in [1.54, 1.807) is 18.5 Å². The number of anilines is 1. The fourth-order valence-corrected chi connectivity index (χ4v) is 4.42. The monoisotopic (exact) mass is 419 g/mol. The molecule has 160 valence electrons. The summed E-state index contributed by atoms with van der Waals surface area (Å²) >= 11 is 0. The number of halogens is 1. The van der Waals surface area contributed by atoms with Crippen molar-refractivity contribution in [1.29, 1.82) is 0 Å². The van der Waals surface area contributed by atoms with Crippen molar-refractivity contribution in [2.75, 3.05) is 44.3 Å². The smallest absolute Gasteiger partial charge is 0.162 e. The predicted octanol–water partition coefficient (Wildman–Crippen LogP) is 3.65. The lowest BCUT2D eigenvalue weighted by atomic mass is 10.0. The van der Waals surface area contributed by atoms with Gasteiger partial charge in [-0.3, -0.25) is 9.88 Å². The molecule has 0 unspecified atom stereocenters. The SMILES string of the molecule is Fc1cccc(-c2cc(N3CCC(N4CCOCC4)CC3)nc(-c3ccncc3)n2)c1. The van der Waals surface area contributed by atoms with Gasteiger partial charge < -0.3 is 9.64 Å². The summed E-state index contributed by atoms with van der Waals surface area (Å²) in [5.41, 5.74) is 2.38. The van der Waals surface area contributed by atoms with Crippen LogP contribution < -0.4 is 4.90 Å². The molecule has 4 heterocycles. The minimum absolute atomic E-state index is 0.269. The van der Waals surface area contributed by atoms with Crippen molar-refractivity contribution >= 4 is 5.82 Å². The molecule has 0 radical (unpaired) electrons. The molecule has 0 bridgehead atoms. The molecule has 6 nitrogen and oxygen atoms in total. The van der Waals surface area contributed by atoms with E-state index in [1.807, 2.05) is 24.3 Å². The van der Waals surface area contributed by atoms with Crippen LogP contribution >= 0.6 is 0 Å². The molecule has 2 fully saturated rings. The van der Waals surface area contributed by atoms with Crippen LogP contribution in [0.2, 0.25) is 0 Å². The van der Waals surface area contributed by atoms with Gasteiger partial charge in [0.2, 0.25) is 0 Å². The molecule has 1 aromatic carbocycles. The Kier molecular flexibility index (Phi) is 5.86. The Hall–Kier alpha value is -2.90. The largest absolute Gasteiger partial charge is 0.379 e. The van der Waals surface area contributed by atoms with Crippen LogP contribution in [0.5, 0.6) is 0 Å². The molecule has 3 aromatic rings. The number of rotatable bonds is 4. The van der Waals surface area contributed by atoms with E-state index >= 15 is 0 Å². The average molecular weight is 420 g/mol. The summed E-state index contributed by atoms with van der Waals surface area (Å²) in [6.07, 6.45) is 5.68. The lowest BCUT2D eigenvalue weighted by Gasteiger charge is -2.40. The van der Waals surface area contributed by atoms with Crippen LogP contribution in [0.4, 0.5) is 10.2 Å². The Balaban J connectivity index is 1.43. The van der Waals surface area contributed by atoms with Crippen LogP contribution in [0.3, 0.4) is 0 Å². The van der Waals surface area contributed by atoms with Gasteiger partial charge in [0.15, 0.2) is 5.82 Å². The van der Waals surface area contributed by atoms with Gasteiger partial charge in [-0.2, -0.15) is 0 Å². The summed E-state index contributed by atoms with van der Waals surface area (Å²) in [5.74, 6) is 1.26. The van der Waals surface area contributed by atoms with E-state index in [0.29, 0.717) is 11.9 Å². The molecular formula is C24H26FN5O. The Labute approximate surface area is 181 Å². The molecule has 0 spiro atoms. The molecule has 5 rings (SSSR count). The third-order valence-corrected chi connectivity index (χ3v) is 6.12. The summed E-state index contributed by atoms with van der Waals surface area (Å²) in [6, 6.07) is 13.0. The molecule has 2 aromatic heterocycles. The molecule has 31 heavy (non-hydrogen) atoms. The van der Waals surface area contributed by atoms with Crippen molar-refractivity contribution in [3.05, 3.63) is 60.7 Å². The van der Waals surface area contributed by atoms with Crippen molar-refractivity contribution in [2.24, 2.45) is 0 Å². The average Bonchev–Trinajstić information content (AvgIpc) is 2.85. The van der Waals surface area contributed by atoms with Gasteiger partial charge in [0.25, 0.3) is 0 Å². The lowest BCUT2D eigenvalue weighted by molar-refractivity contribution is 0.0115. The van der Waals surface area contributed by atoms with Gasteiger partial charge in [-0.25, -0.2) is 14.4 Å². The predicted molar refractivity (Wildman–Crippen MR) is 118 cm³/mol. The standard InChI is InChI=1S/C24H26FN5O/c25-20-3-1-2-19(16-20)22-17-23(28-24(27-22)18-4-8-26-9-5-18)30-10-6-21(7-11-30)29-12-14-31-15-13-29/h1-5,8-9,16-17,21H,6-7,10-15H2. The van der Waals surface area contributed by atoms with Crippen LogP contribution in [-0.2, 0) is 4.74 Å². The number of nitrogens with zero attached hydrogens (tertiary/aromatic N) is 5. The number of ether oxygens (including phenoxy) is 1. The first-order chi connectivity index (χ1) is 15.3. The highest BCUT2D eigenvalue weighted by Gasteiger charge is 2.27. The van der Waals surface area contributed by atoms with Gasteiger partial charge in [-0.05, 0) is 37.1 Å². The Morgan fingerprint density at radius 2 is 1.65 bits per heavy atom. The highest BCUT2D eigenvalue weighted by atomic mass is 19.1. The molecule has 0 amide bonds. The third kappa shape index (κ3) is 4.57. The minimum atomic E-state index is -0.269. The van der Waals surface area contributed by atoms with E-state index in [1.165, 1.54) is 12.1 Å². The molecular weight excluding hydrogens is 393 g/mol. The zero-order valence-electron chi connectivity index (χ0n) is 17.5. The first kappa shape index (κ1) is 20.0. The molecule has 0 aliphatic carbocycles. The Morgan fingerprint density at radius 3 is 2.39 bits per heavy atom. The summed E-state index contributed by atoms with van der Waals surface area (Å²) in [6.45, 7) is 5.59. The summed E-state index contributed by atoms with van der Waals surface area (Å²) in [7, 11) is 0.